The third-order valence-electron chi connectivity index (χ3n) is 2.21. The molecule has 0 saturated carbocycles. The first kappa shape index (κ1) is 8.62. The van der Waals surface area contributed by atoms with Gasteiger partial charge in [-0.3, -0.25) is 0 Å². The Bertz CT molecular complexity index is 359. The second-order valence-corrected chi connectivity index (χ2v) is 4.10. The number of fused-ring (bicyclic) bond motifs is 1. The van der Waals surface area contributed by atoms with Gasteiger partial charge < -0.3 is 9.67 Å². The molecule has 0 atom stereocenters. The summed E-state index contributed by atoms with van der Waals surface area (Å²) in [7, 11) is 1.77. The molecule has 2 rings (SSSR count). The Balaban J connectivity index is 2.50. The first-order chi connectivity index (χ1) is 6.20. The van der Waals surface area contributed by atoms with Gasteiger partial charge in [0.2, 0.25) is 5.82 Å². The Morgan fingerprint density at radius 2 is 2.46 bits per heavy atom. The number of hydrogen-bond donors (Lipinski definition) is 1. The van der Waals surface area contributed by atoms with Crippen LogP contribution in [0.5, 0.6) is 0 Å². The topological polar surface area (TPSA) is 55.1 Å². The lowest BCUT2D eigenvalue weighted by molar-refractivity contribution is 0.0679. The Kier molecular flexibility index (Phi) is 2.03. The fourth-order valence-corrected chi connectivity index (χ4v) is 2.53. The summed E-state index contributed by atoms with van der Waals surface area (Å²) in [4.78, 5) is 14.8. The Hall–Kier alpha value is -0.970. The summed E-state index contributed by atoms with van der Waals surface area (Å²) in [5.41, 5.74) is 2.02. The Morgan fingerprint density at radius 3 is 3.08 bits per heavy atom. The van der Waals surface area contributed by atoms with Crippen molar-refractivity contribution in [3.05, 3.63) is 17.2 Å². The molecule has 1 aromatic heterocycles. The molecule has 0 aliphatic carbocycles. The molecule has 4 nitrogen and oxygen atoms in total. The van der Waals surface area contributed by atoms with Crippen LogP contribution in [0.25, 0.3) is 0 Å². The lowest BCUT2D eigenvalue weighted by atomic mass is 10.3. The molecule has 2 heterocycles. The predicted octanol–water partition coefficient (Wildman–Crippen LogP) is 0.908. The molecule has 1 N–H and O–H groups in total. The van der Waals surface area contributed by atoms with Crippen LogP contribution in [-0.4, -0.2) is 26.4 Å². The first-order valence-corrected chi connectivity index (χ1v) is 5.21. The van der Waals surface area contributed by atoms with E-state index in [1.807, 2.05) is 11.8 Å². The van der Waals surface area contributed by atoms with Crippen molar-refractivity contribution in [2.45, 2.75) is 12.2 Å². The van der Waals surface area contributed by atoms with Gasteiger partial charge in [-0.05, 0) is 5.75 Å². The molecule has 0 aromatic carbocycles. The number of aromatic carboxylic acids is 1. The standard InChI is InChI=1S/C8H10N2O2S/c1-10-6-4-13-3-2-5(6)9-7(10)8(11)12/h2-4H2,1H3,(H,11,12). The van der Waals surface area contributed by atoms with Crippen molar-refractivity contribution < 1.29 is 9.90 Å². The maximum absolute atomic E-state index is 10.7. The van der Waals surface area contributed by atoms with E-state index in [0.29, 0.717) is 0 Å². The third-order valence-corrected chi connectivity index (χ3v) is 3.18. The number of imidazole rings is 1. The number of hydrogen-bond acceptors (Lipinski definition) is 3. The summed E-state index contributed by atoms with van der Waals surface area (Å²) in [6, 6.07) is 0. The van der Waals surface area contributed by atoms with Crippen LogP contribution in [-0.2, 0) is 19.2 Å². The maximum Gasteiger partial charge on any atom is 0.372 e. The van der Waals surface area contributed by atoms with Gasteiger partial charge in [-0.1, -0.05) is 0 Å². The number of rotatable bonds is 1. The molecule has 0 amide bonds. The van der Waals surface area contributed by atoms with Gasteiger partial charge in [-0.15, -0.1) is 0 Å². The smallest absolute Gasteiger partial charge is 0.372 e. The van der Waals surface area contributed by atoms with Crippen LogP contribution in [0.4, 0.5) is 0 Å². The lowest BCUT2D eigenvalue weighted by Crippen LogP contribution is -2.08. The summed E-state index contributed by atoms with van der Waals surface area (Å²) < 4.78 is 1.68. The zero-order chi connectivity index (χ0) is 9.42. The SMILES string of the molecule is Cn1c(C(=O)O)nc2c1CSCC2. The number of thioether (sulfide) groups is 1. The molecular weight excluding hydrogens is 188 g/mol. The van der Waals surface area contributed by atoms with E-state index in [1.54, 1.807) is 11.6 Å². The molecule has 0 spiro atoms. The number of carboxylic acids is 1. The van der Waals surface area contributed by atoms with Crippen molar-refractivity contribution in [1.82, 2.24) is 9.55 Å². The zero-order valence-corrected chi connectivity index (χ0v) is 8.10. The van der Waals surface area contributed by atoms with E-state index in [2.05, 4.69) is 4.98 Å². The average Bonchev–Trinajstić information content (AvgIpc) is 2.45. The summed E-state index contributed by atoms with van der Waals surface area (Å²) in [6.45, 7) is 0. The minimum atomic E-state index is -0.943. The molecule has 0 radical (unpaired) electrons. The monoisotopic (exact) mass is 198 g/mol. The van der Waals surface area contributed by atoms with E-state index in [-0.39, 0.29) is 5.82 Å². The van der Waals surface area contributed by atoms with E-state index in [0.717, 1.165) is 29.3 Å². The fourth-order valence-electron chi connectivity index (χ4n) is 1.50. The van der Waals surface area contributed by atoms with Gasteiger partial charge in [-0.25, -0.2) is 9.78 Å². The van der Waals surface area contributed by atoms with Crippen molar-refractivity contribution in [1.29, 1.82) is 0 Å². The molecule has 0 bridgehead atoms. The predicted molar refractivity (Wildman–Crippen MR) is 50.0 cm³/mol. The summed E-state index contributed by atoms with van der Waals surface area (Å²) in [5, 5.41) is 8.82. The van der Waals surface area contributed by atoms with Crippen LogP contribution in [0.15, 0.2) is 0 Å². The first-order valence-electron chi connectivity index (χ1n) is 4.05. The van der Waals surface area contributed by atoms with Crippen molar-refractivity contribution in [2.75, 3.05) is 5.75 Å². The Morgan fingerprint density at radius 1 is 1.69 bits per heavy atom. The van der Waals surface area contributed by atoms with E-state index in [1.165, 1.54) is 0 Å². The zero-order valence-electron chi connectivity index (χ0n) is 7.28. The van der Waals surface area contributed by atoms with E-state index in [4.69, 9.17) is 5.11 Å². The van der Waals surface area contributed by atoms with Gasteiger partial charge in [0.15, 0.2) is 0 Å². The highest BCUT2D eigenvalue weighted by atomic mass is 32.2. The minimum absolute atomic E-state index is 0.160. The molecule has 0 fully saturated rings. The second kappa shape index (κ2) is 3.06. The van der Waals surface area contributed by atoms with Crippen LogP contribution in [0.1, 0.15) is 22.0 Å². The van der Waals surface area contributed by atoms with Gasteiger partial charge in [-0.2, -0.15) is 11.8 Å². The van der Waals surface area contributed by atoms with Crippen LogP contribution in [0.3, 0.4) is 0 Å². The number of aromatic nitrogens is 2. The van der Waals surface area contributed by atoms with Crippen LogP contribution in [0.2, 0.25) is 0 Å². The van der Waals surface area contributed by atoms with Crippen molar-refractivity contribution >= 4 is 17.7 Å². The highest BCUT2D eigenvalue weighted by Crippen LogP contribution is 2.24. The van der Waals surface area contributed by atoms with Crippen LogP contribution >= 0.6 is 11.8 Å². The van der Waals surface area contributed by atoms with Crippen LogP contribution < -0.4 is 0 Å². The highest BCUT2D eigenvalue weighted by molar-refractivity contribution is 7.98. The molecule has 13 heavy (non-hydrogen) atoms. The van der Waals surface area contributed by atoms with Crippen molar-refractivity contribution in [3.8, 4) is 0 Å². The molecule has 5 heteroatoms. The summed E-state index contributed by atoms with van der Waals surface area (Å²) in [5.74, 6) is 1.14. The number of aryl methyl sites for hydroxylation is 1. The second-order valence-electron chi connectivity index (χ2n) is 3.00. The largest absolute Gasteiger partial charge is 0.475 e. The Labute approximate surface area is 80.0 Å². The summed E-state index contributed by atoms with van der Waals surface area (Å²) >= 11 is 1.82. The molecule has 1 aliphatic rings. The molecule has 70 valence electrons. The van der Waals surface area contributed by atoms with Crippen molar-refractivity contribution in [3.63, 3.8) is 0 Å². The van der Waals surface area contributed by atoms with Gasteiger partial charge in [0.25, 0.3) is 0 Å². The molecule has 0 saturated heterocycles. The number of nitrogens with zero attached hydrogens (tertiary/aromatic N) is 2. The quantitative estimate of drug-likeness (QED) is 0.728. The number of carbonyl (C=O) groups is 1. The van der Waals surface area contributed by atoms with Crippen LogP contribution in [0, 0.1) is 0 Å². The van der Waals surface area contributed by atoms with Gasteiger partial charge >= 0.3 is 5.97 Å². The fraction of sp³-hybridized carbons (Fsp3) is 0.500. The molecule has 1 aromatic rings. The van der Waals surface area contributed by atoms with E-state index < -0.39 is 5.97 Å². The normalized spacial score (nSPS) is 15.5. The molecule has 0 unspecified atom stereocenters. The van der Waals surface area contributed by atoms with Gasteiger partial charge in [0.05, 0.1) is 11.4 Å². The highest BCUT2D eigenvalue weighted by Gasteiger charge is 2.21. The lowest BCUT2D eigenvalue weighted by Gasteiger charge is -2.10. The van der Waals surface area contributed by atoms with Crippen molar-refractivity contribution in [2.24, 2.45) is 7.05 Å². The van der Waals surface area contributed by atoms with Gasteiger partial charge in [0.1, 0.15) is 0 Å². The van der Waals surface area contributed by atoms with E-state index >= 15 is 0 Å². The molecule has 1 aliphatic heterocycles. The molecular formula is C8H10N2O2S. The number of carboxylic acid groups (broad SMARTS) is 1. The third kappa shape index (κ3) is 1.33. The van der Waals surface area contributed by atoms with E-state index in [9.17, 15) is 4.79 Å². The average molecular weight is 198 g/mol. The summed E-state index contributed by atoms with van der Waals surface area (Å²) in [6.07, 6.45) is 0.890. The van der Waals surface area contributed by atoms with Gasteiger partial charge in [0, 0.05) is 19.2 Å². The minimum Gasteiger partial charge on any atom is -0.475 e. The maximum atomic E-state index is 10.7.